The van der Waals surface area contributed by atoms with Gasteiger partial charge in [0.1, 0.15) is 11.4 Å². The van der Waals surface area contributed by atoms with Crippen molar-refractivity contribution < 1.29 is 14.3 Å². The van der Waals surface area contributed by atoms with Crippen LogP contribution in [0.2, 0.25) is 0 Å². The number of hydrogen-bond donors (Lipinski definition) is 1. The van der Waals surface area contributed by atoms with Crippen molar-refractivity contribution in [3.05, 3.63) is 29.8 Å². The second-order valence-electron chi connectivity index (χ2n) is 9.64. The summed E-state index contributed by atoms with van der Waals surface area (Å²) >= 11 is 0. The van der Waals surface area contributed by atoms with Crippen molar-refractivity contribution in [3.8, 4) is 5.75 Å². The van der Waals surface area contributed by atoms with Gasteiger partial charge in [0.2, 0.25) is 5.91 Å². The largest absolute Gasteiger partial charge is 0.487 e. The van der Waals surface area contributed by atoms with Crippen LogP contribution in [0.3, 0.4) is 0 Å². The molecule has 3 aliphatic heterocycles. The normalized spacial score (nSPS) is 25.0. The van der Waals surface area contributed by atoms with E-state index in [1.54, 1.807) is 0 Å². The van der Waals surface area contributed by atoms with Crippen LogP contribution in [0.4, 0.5) is 4.79 Å². The highest BCUT2D eigenvalue weighted by Crippen LogP contribution is 2.46. The Morgan fingerprint density at radius 3 is 2.47 bits per heavy atom. The predicted octanol–water partition coefficient (Wildman–Crippen LogP) is 3.52. The van der Waals surface area contributed by atoms with Crippen molar-refractivity contribution >= 4 is 11.9 Å². The maximum Gasteiger partial charge on any atom is 0.320 e. The molecule has 0 aromatic heterocycles. The molecule has 2 saturated heterocycles. The SMILES string of the molecule is O=C(C[C@@H]1CC2(CCN(C(=O)N3CCCC3)CC2)Oc2ccccc21)NCC1CC1. The third-order valence-electron chi connectivity index (χ3n) is 7.34. The summed E-state index contributed by atoms with van der Waals surface area (Å²) in [4.78, 5) is 29.4. The van der Waals surface area contributed by atoms with E-state index in [-0.39, 0.29) is 23.5 Å². The standard InChI is InChI=1S/C24H33N3O3/c28-22(25-17-18-7-8-18)15-19-16-24(30-21-6-2-1-5-20(19)21)9-13-27(14-10-24)23(29)26-11-3-4-12-26/h1-2,5-6,18-19H,3-4,7-17H2,(H,25,28)/t19-/m1/s1. The van der Waals surface area contributed by atoms with Gasteiger partial charge in [0, 0.05) is 57.9 Å². The number of para-hydroxylation sites is 1. The highest BCUT2D eigenvalue weighted by Gasteiger charge is 2.44. The molecule has 6 nitrogen and oxygen atoms in total. The first-order valence-electron chi connectivity index (χ1n) is 11.7. The van der Waals surface area contributed by atoms with E-state index in [1.165, 1.54) is 12.8 Å². The van der Waals surface area contributed by atoms with E-state index >= 15 is 0 Å². The van der Waals surface area contributed by atoms with Gasteiger partial charge in [-0.3, -0.25) is 4.79 Å². The van der Waals surface area contributed by atoms with Gasteiger partial charge in [-0.15, -0.1) is 0 Å². The molecule has 1 N–H and O–H groups in total. The van der Waals surface area contributed by atoms with Crippen molar-refractivity contribution in [1.82, 2.24) is 15.1 Å². The maximum absolute atomic E-state index is 12.8. The molecule has 1 saturated carbocycles. The fourth-order valence-electron chi connectivity index (χ4n) is 5.32. The molecular weight excluding hydrogens is 378 g/mol. The summed E-state index contributed by atoms with van der Waals surface area (Å²) in [6, 6.07) is 8.37. The smallest absolute Gasteiger partial charge is 0.320 e. The van der Waals surface area contributed by atoms with Gasteiger partial charge in [0.25, 0.3) is 0 Å². The minimum absolute atomic E-state index is 0.153. The summed E-state index contributed by atoms with van der Waals surface area (Å²) in [6.45, 7) is 4.07. The Morgan fingerprint density at radius 1 is 1.03 bits per heavy atom. The van der Waals surface area contributed by atoms with Crippen molar-refractivity contribution in [1.29, 1.82) is 0 Å². The van der Waals surface area contributed by atoms with E-state index in [1.807, 2.05) is 28.0 Å². The first kappa shape index (κ1) is 19.7. The molecule has 1 spiro atoms. The van der Waals surface area contributed by atoms with E-state index in [4.69, 9.17) is 4.74 Å². The van der Waals surface area contributed by atoms with Gasteiger partial charge in [0.05, 0.1) is 0 Å². The Hall–Kier alpha value is -2.24. The minimum Gasteiger partial charge on any atom is -0.487 e. The van der Waals surface area contributed by atoms with Gasteiger partial charge >= 0.3 is 6.03 Å². The fourth-order valence-corrected chi connectivity index (χ4v) is 5.32. The van der Waals surface area contributed by atoms with Gasteiger partial charge < -0.3 is 19.9 Å². The molecule has 3 amide bonds. The summed E-state index contributed by atoms with van der Waals surface area (Å²) in [5, 5.41) is 3.13. The fraction of sp³-hybridized carbons (Fsp3) is 0.667. The molecule has 0 radical (unpaired) electrons. The molecule has 0 bridgehead atoms. The van der Waals surface area contributed by atoms with Crippen LogP contribution in [0.25, 0.3) is 0 Å². The lowest BCUT2D eigenvalue weighted by Crippen LogP contribution is -2.54. The van der Waals surface area contributed by atoms with Crippen molar-refractivity contribution in [2.24, 2.45) is 5.92 Å². The van der Waals surface area contributed by atoms with Crippen LogP contribution in [0.1, 0.15) is 62.8 Å². The van der Waals surface area contributed by atoms with Crippen LogP contribution in [0, 0.1) is 5.92 Å². The number of rotatable bonds is 4. The van der Waals surface area contributed by atoms with Crippen LogP contribution < -0.4 is 10.1 Å². The molecule has 162 valence electrons. The third-order valence-corrected chi connectivity index (χ3v) is 7.34. The van der Waals surface area contributed by atoms with Gasteiger partial charge in [0.15, 0.2) is 0 Å². The molecule has 3 fully saturated rings. The Labute approximate surface area is 178 Å². The molecular formula is C24H33N3O3. The van der Waals surface area contributed by atoms with E-state index in [0.29, 0.717) is 12.3 Å². The number of ether oxygens (including phenoxy) is 1. The van der Waals surface area contributed by atoms with Crippen molar-refractivity contribution in [3.63, 3.8) is 0 Å². The van der Waals surface area contributed by atoms with Gasteiger partial charge in [-0.1, -0.05) is 18.2 Å². The highest BCUT2D eigenvalue weighted by molar-refractivity contribution is 5.77. The molecule has 1 aliphatic carbocycles. The number of nitrogens with one attached hydrogen (secondary N) is 1. The number of carbonyl (C=O) groups excluding carboxylic acids is 2. The maximum atomic E-state index is 12.8. The molecule has 0 unspecified atom stereocenters. The molecule has 4 aliphatic rings. The topological polar surface area (TPSA) is 61.9 Å². The highest BCUT2D eigenvalue weighted by atomic mass is 16.5. The van der Waals surface area contributed by atoms with Crippen LogP contribution in [0.15, 0.2) is 24.3 Å². The molecule has 1 atom stereocenters. The quantitative estimate of drug-likeness (QED) is 0.825. The number of fused-ring (bicyclic) bond motifs is 1. The van der Waals surface area contributed by atoms with Crippen molar-refractivity contribution in [2.75, 3.05) is 32.7 Å². The number of likely N-dealkylation sites (tertiary alicyclic amines) is 2. The number of benzene rings is 1. The first-order valence-corrected chi connectivity index (χ1v) is 11.7. The van der Waals surface area contributed by atoms with Crippen LogP contribution >= 0.6 is 0 Å². The zero-order valence-electron chi connectivity index (χ0n) is 17.8. The lowest BCUT2D eigenvalue weighted by molar-refractivity contribution is -0.122. The molecule has 5 rings (SSSR count). The molecule has 1 aromatic rings. The number of urea groups is 1. The van der Waals surface area contributed by atoms with E-state index in [9.17, 15) is 9.59 Å². The average Bonchev–Trinajstić information content (AvgIpc) is 3.43. The van der Waals surface area contributed by atoms with E-state index in [0.717, 1.165) is 76.1 Å². The summed E-state index contributed by atoms with van der Waals surface area (Å²) in [5.41, 5.74) is 0.887. The number of hydrogen-bond acceptors (Lipinski definition) is 3. The minimum atomic E-state index is -0.266. The summed E-state index contributed by atoms with van der Waals surface area (Å²) in [5.74, 6) is 1.94. The van der Waals surface area contributed by atoms with Crippen LogP contribution in [-0.4, -0.2) is 60.1 Å². The monoisotopic (exact) mass is 411 g/mol. The Morgan fingerprint density at radius 2 is 1.73 bits per heavy atom. The molecule has 30 heavy (non-hydrogen) atoms. The third kappa shape index (κ3) is 4.14. The van der Waals surface area contributed by atoms with Gasteiger partial charge in [-0.2, -0.15) is 0 Å². The second-order valence-corrected chi connectivity index (χ2v) is 9.64. The van der Waals surface area contributed by atoms with Gasteiger partial charge in [-0.05, 0) is 49.7 Å². The first-order chi connectivity index (χ1) is 14.6. The van der Waals surface area contributed by atoms with E-state index in [2.05, 4.69) is 11.4 Å². The Bertz CT molecular complexity index is 793. The van der Waals surface area contributed by atoms with Crippen LogP contribution in [-0.2, 0) is 4.79 Å². The van der Waals surface area contributed by atoms with Crippen LogP contribution in [0.5, 0.6) is 5.75 Å². The second kappa shape index (κ2) is 8.12. The summed E-state index contributed by atoms with van der Waals surface area (Å²) in [6.07, 6.45) is 7.77. The zero-order valence-corrected chi connectivity index (χ0v) is 17.8. The number of nitrogens with zero attached hydrogens (tertiary/aromatic N) is 2. The number of amides is 3. The summed E-state index contributed by atoms with van der Waals surface area (Å²) < 4.78 is 6.55. The number of carbonyl (C=O) groups is 2. The zero-order chi connectivity index (χ0) is 20.6. The predicted molar refractivity (Wildman–Crippen MR) is 115 cm³/mol. The van der Waals surface area contributed by atoms with Gasteiger partial charge in [-0.25, -0.2) is 4.79 Å². The van der Waals surface area contributed by atoms with Crippen molar-refractivity contribution in [2.45, 2.75) is 62.9 Å². The molecule has 3 heterocycles. The average molecular weight is 412 g/mol. The lowest BCUT2D eigenvalue weighted by atomic mass is 9.76. The molecule has 1 aromatic carbocycles. The number of piperidine rings is 1. The molecule has 6 heteroatoms. The lowest BCUT2D eigenvalue weighted by Gasteiger charge is -2.47. The Kier molecular flexibility index (Phi) is 5.34. The van der Waals surface area contributed by atoms with E-state index < -0.39 is 0 Å². The Balaban J connectivity index is 1.25. The summed E-state index contributed by atoms with van der Waals surface area (Å²) in [7, 11) is 0.